The smallest absolute Gasteiger partial charge is 0.399 e. The number of alkyl halides is 3. The standard InChI is InChI=1S/C9H7F3N2/c1-5-2-7(14)3-6(4-13)8(5)9(10,11)12/h2-3H,14H2,1H3. The van der Waals surface area contributed by atoms with E-state index in [2.05, 4.69) is 0 Å². The zero-order chi connectivity index (χ0) is 10.9. The van der Waals surface area contributed by atoms with E-state index in [1.165, 1.54) is 19.1 Å². The normalized spacial score (nSPS) is 11.1. The average molecular weight is 200 g/mol. The van der Waals surface area contributed by atoms with Gasteiger partial charge in [-0.25, -0.2) is 0 Å². The maximum atomic E-state index is 12.4. The molecule has 0 unspecified atom stereocenters. The highest BCUT2D eigenvalue weighted by molar-refractivity contribution is 5.54. The predicted octanol–water partition coefficient (Wildman–Crippen LogP) is 2.47. The van der Waals surface area contributed by atoms with Crippen molar-refractivity contribution in [3.8, 4) is 6.07 Å². The van der Waals surface area contributed by atoms with Gasteiger partial charge in [0.2, 0.25) is 0 Å². The maximum absolute atomic E-state index is 12.4. The molecule has 0 spiro atoms. The Hall–Kier alpha value is -1.70. The highest BCUT2D eigenvalue weighted by Gasteiger charge is 2.35. The summed E-state index contributed by atoms with van der Waals surface area (Å²) in [4.78, 5) is 0. The molecule has 0 atom stereocenters. The third-order valence-corrected chi connectivity index (χ3v) is 1.76. The Labute approximate surface area is 78.8 Å². The lowest BCUT2D eigenvalue weighted by Gasteiger charge is -2.12. The molecule has 0 aromatic heterocycles. The van der Waals surface area contributed by atoms with Crippen LogP contribution in [0.1, 0.15) is 16.7 Å². The third kappa shape index (κ3) is 1.79. The molecule has 0 radical (unpaired) electrons. The molecule has 1 aromatic rings. The molecule has 0 saturated carbocycles. The molecule has 2 nitrogen and oxygen atoms in total. The highest BCUT2D eigenvalue weighted by atomic mass is 19.4. The lowest BCUT2D eigenvalue weighted by atomic mass is 10.0. The Morgan fingerprint density at radius 2 is 1.93 bits per heavy atom. The zero-order valence-corrected chi connectivity index (χ0v) is 7.31. The number of anilines is 1. The monoisotopic (exact) mass is 200 g/mol. The van der Waals surface area contributed by atoms with Crippen LogP contribution in [-0.4, -0.2) is 0 Å². The molecule has 14 heavy (non-hydrogen) atoms. The molecule has 0 saturated heterocycles. The molecule has 74 valence electrons. The molecule has 0 aliphatic heterocycles. The summed E-state index contributed by atoms with van der Waals surface area (Å²) in [6.07, 6.45) is -4.51. The topological polar surface area (TPSA) is 49.8 Å². The fourth-order valence-corrected chi connectivity index (χ4v) is 1.28. The Bertz CT molecular complexity index is 402. The number of nitrogen functional groups attached to an aromatic ring is 1. The molecule has 0 fully saturated rings. The maximum Gasteiger partial charge on any atom is 0.417 e. The number of hydrogen-bond donors (Lipinski definition) is 1. The van der Waals surface area contributed by atoms with Gasteiger partial charge >= 0.3 is 6.18 Å². The molecule has 1 aromatic carbocycles. The van der Waals surface area contributed by atoms with Crippen LogP contribution < -0.4 is 5.73 Å². The largest absolute Gasteiger partial charge is 0.417 e. The second kappa shape index (κ2) is 3.22. The summed E-state index contributed by atoms with van der Waals surface area (Å²) in [5.74, 6) is 0. The summed E-state index contributed by atoms with van der Waals surface area (Å²) >= 11 is 0. The van der Waals surface area contributed by atoms with Crippen molar-refractivity contribution < 1.29 is 13.2 Å². The van der Waals surface area contributed by atoms with Gasteiger partial charge in [-0.15, -0.1) is 0 Å². The van der Waals surface area contributed by atoms with E-state index >= 15 is 0 Å². The van der Waals surface area contributed by atoms with E-state index < -0.39 is 17.3 Å². The average Bonchev–Trinajstić information content (AvgIpc) is 1.99. The molecule has 0 aliphatic carbocycles. The lowest BCUT2D eigenvalue weighted by Crippen LogP contribution is -2.10. The van der Waals surface area contributed by atoms with Gasteiger partial charge in [0.05, 0.1) is 17.2 Å². The first kappa shape index (κ1) is 10.4. The van der Waals surface area contributed by atoms with E-state index in [9.17, 15) is 13.2 Å². The highest BCUT2D eigenvalue weighted by Crippen LogP contribution is 2.35. The van der Waals surface area contributed by atoms with Crippen LogP contribution in [0.3, 0.4) is 0 Å². The predicted molar refractivity (Wildman–Crippen MR) is 45.3 cm³/mol. The van der Waals surface area contributed by atoms with Crippen molar-refractivity contribution in [2.75, 3.05) is 5.73 Å². The van der Waals surface area contributed by atoms with Crippen LogP contribution >= 0.6 is 0 Å². The van der Waals surface area contributed by atoms with Crippen LogP contribution in [-0.2, 0) is 6.18 Å². The van der Waals surface area contributed by atoms with Crippen molar-refractivity contribution in [3.05, 3.63) is 28.8 Å². The second-order valence-electron chi connectivity index (χ2n) is 2.87. The van der Waals surface area contributed by atoms with E-state index in [1.807, 2.05) is 0 Å². The zero-order valence-electron chi connectivity index (χ0n) is 7.31. The van der Waals surface area contributed by atoms with E-state index in [1.54, 1.807) is 0 Å². The van der Waals surface area contributed by atoms with E-state index in [-0.39, 0.29) is 11.3 Å². The molecule has 0 amide bonds. The number of halogens is 3. The third-order valence-electron chi connectivity index (χ3n) is 1.76. The van der Waals surface area contributed by atoms with Crippen molar-refractivity contribution in [2.45, 2.75) is 13.1 Å². The first-order chi connectivity index (χ1) is 6.36. The summed E-state index contributed by atoms with van der Waals surface area (Å²) < 4.78 is 37.3. The Morgan fingerprint density at radius 1 is 1.36 bits per heavy atom. The van der Waals surface area contributed by atoms with Gasteiger partial charge in [0, 0.05) is 5.69 Å². The first-order valence-corrected chi connectivity index (χ1v) is 3.73. The van der Waals surface area contributed by atoms with Gasteiger partial charge in [0.1, 0.15) is 0 Å². The van der Waals surface area contributed by atoms with Crippen LogP contribution in [0.5, 0.6) is 0 Å². The molecule has 0 aliphatic rings. The quantitative estimate of drug-likeness (QED) is 0.654. The fraction of sp³-hybridized carbons (Fsp3) is 0.222. The van der Waals surface area contributed by atoms with Gasteiger partial charge in [0.25, 0.3) is 0 Å². The summed E-state index contributed by atoms with van der Waals surface area (Å²) in [5.41, 5.74) is 4.11. The van der Waals surface area contributed by atoms with Gasteiger partial charge in [-0.05, 0) is 24.6 Å². The molecular weight excluding hydrogens is 193 g/mol. The second-order valence-corrected chi connectivity index (χ2v) is 2.87. The summed E-state index contributed by atoms with van der Waals surface area (Å²) in [5, 5.41) is 8.53. The van der Waals surface area contributed by atoms with Crippen molar-refractivity contribution in [2.24, 2.45) is 0 Å². The molecule has 1 rings (SSSR count). The summed E-state index contributed by atoms with van der Waals surface area (Å²) in [6, 6.07) is 3.71. The first-order valence-electron chi connectivity index (χ1n) is 3.73. The Kier molecular flexibility index (Phi) is 2.39. The number of hydrogen-bond acceptors (Lipinski definition) is 2. The minimum absolute atomic E-state index is 0.0333. The van der Waals surface area contributed by atoms with Gasteiger partial charge in [-0.1, -0.05) is 0 Å². The van der Waals surface area contributed by atoms with E-state index in [4.69, 9.17) is 11.0 Å². The van der Waals surface area contributed by atoms with Crippen LogP contribution in [0.25, 0.3) is 0 Å². The van der Waals surface area contributed by atoms with Crippen LogP contribution in [0.15, 0.2) is 12.1 Å². The Balaban J connectivity index is 3.51. The number of nitrogens with two attached hydrogens (primary N) is 1. The molecule has 5 heteroatoms. The van der Waals surface area contributed by atoms with Crippen LogP contribution in [0.2, 0.25) is 0 Å². The fourth-order valence-electron chi connectivity index (χ4n) is 1.28. The van der Waals surface area contributed by atoms with E-state index in [0.29, 0.717) is 0 Å². The van der Waals surface area contributed by atoms with Crippen molar-refractivity contribution in [3.63, 3.8) is 0 Å². The SMILES string of the molecule is Cc1cc(N)cc(C#N)c1C(F)(F)F. The minimum Gasteiger partial charge on any atom is -0.399 e. The van der Waals surface area contributed by atoms with Crippen molar-refractivity contribution in [1.29, 1.82) is 5.26 Å². The number of nitriles is 1. The van der Waals surface area contributed by atoms with Gasteiger partial charge in [-0.3, -0.25) is 0 Å². The summed E-state index contributed by atoms with van der Waals surface area (Å²) in [7, 11) is 0. The van der Waals surface area contributed by atoms with Crippen molar-refractivity contribution >= 4 is 5.69 Å². The summed E-state index contributed by atoms with van der Waals surface area (Å²) in [6.45, 7) is 1.28. The number of aryl methyl sites for hydroxylation is 1. The number of nitrogens with zero attached hydrogens (tertiary/aromatic N) is 1. The van der Waals surface area contributed by atoms with E-state index in [0.717, 1.165) is 6.07 Å². The minimum atomic E-state index is -4.51. The van der Waals surface area contributed by atoms with Gasteiger partial charge in [0.15, 0.2) is 0 Å². The number of benzene rings is 1. The van der Waals surface area contributed by atoms with Gasteiger partial charge < -0.3 is 5.73 Å². The molecular formula is C9H7F3N2. The molecule has 2 N–H and O–H groups in total. The number of rotatable bonds is 0. The lowest BCUT2D eigenvalue weighted by molar-refractivity contribution is -0.138. The van der Waals surface area contributed by atoms with Crippen molar-refractivity contribution in [1.82, 2.24) is 0 Å². The molecule has 0 heterocycles. The van der Waals surface area contributed by atoms with Crippen LogP contribution in [0.4, 0.5) is 18.9 Å². The Morgan fingerprint density at radius 3 is 2.36 bits per heavy atom. The molecule has 0 bridgehead atoms. The van der Waals surface area contributed by atoms with Crippen LogP contribution in [0, 0.1) is 18.3 Å². The van der Waals surface area contributed by atoms with Gasteiger partial charge in [-0.2, -0.15) is 18.4 Å².